The summed E-state index contributed by atoms with van der Waals surface area (Å²) in [5.41, 5.74) is 1.08. The highest BCUT2D eigenvalue weighted by molar-refractivity contribution is 7.98. The number of hydrogen-bond donors (Lipinski definition) is 1. The average molecular weight is 642 g/mol. The van der Waals surface area contributed by atoms with E-state index in [2.05, 4.69) is 5.32 Å². The van der Waals surface area contributed by atoms with E-state index in [0.29, 0.717) is 30.2 Å². The molecule has 0 radical (unpaired) electrons. The largest absolute Gasteiger partial charge is 0.497 e. The molecule has 238 valence electrons. The van der Waals surface area contributed by atoms with E-state index in [9.17, 15) is 18.0 Å². The fourth-order valence-electron chi connectivity index (χ4n) is 4.57. The Bertz CT molecular complexity index is 1460. The molecule has 1 N–H and O–H groups in total. The van der Waals surface area contributed by atoms with Gasteiger partial charge in [0.05, 0.1) is 24.3 Å². The van der Waals surface area contributed by atoms with Crippen LogP contribution < -0.4 is 19.1 Å². The van der Waals surface area contributed by atoms with Crippen molar-refractivity contribution in [2.24, 2.45) is 0 Å². The van der Waals surface area contributed by atoms with Gasteiger partial charge in [-0.15, -0.1) is 11.8 Å². The summed E-state index contributed by atoms with van der Waals surface area (Å²) in [6, 6.07) is 19.4. The third-order valence-corrected chi connectivity index (χ3v) is 9.79. The predicted octanol–water partition coefficient (Wildman–Crippen LogP) is 5.73. The lowest BCUT2D eigenvalue weighted by Crippen LogP contribution is -2.53. The molecule has 11 heteroatoms. The van der Waals surface area contributed by atoms with Crippen molar-refractivity contribution < 1.29 is 27.5 Å². The topological polar surface area (TPSA) is 105 Å². The summed E-state index contributed by atoms with van der Waals surface area (Å²) in [6.07, 6.45) is 2.98. The maximum atomic E-state index is 14.2. The number of amides is 2. The Morgan fingerprint density at radius 2 is 1.50 bits per heavy atom. The summed E-state index contributed by atoms with van der Waals surface area (Å²) in [5.74, 6) is 0.448. The predicted molar refractivity (Wildman–Crippen MR) is 176 cm³/mol. The minimum Gasteiger partial charge on any atom is -0.497 e. The third kappa shape index (κ3) is 8.92. The average Bonchev–Trinajstić information content (AvgIpc) is 3.04. The Balaban J connectivity index is 2.06. The Labute approximate surface area is 266 Å². The highest BCUT2D eigenvalue weighted by Crippen LogP contribution is 2.28. The Morgan fingerprint density at radius 1 is 0.886 bits per heavy atom. The number of rotatable bonds is 16. The van der Waals surface area contributed by atoms with Gasteiger partial charge < -0.3 is 19.7 Å². The van der Waals surface area contributed by atoms with Crippen LogP contribution >= 0.6 is 11.8 Å². The summed E-state index contributed by atoms with van der Waals surface area (Å²) in [5, 5.41) is 2.99. The number of nitrogens with zero attached hydrogens (tertiary/aromatic N) is 2. The smallest absolute Gasteiger partial charge is 0.264 e. The van der Waals surface area contributed by atoms with Gasteiger partial charge in [0.2, 0.25) is 11.8 Å². The van der Waals surface area contributed by atoms with Crippen LogP contribution in [0, 0.1) is 0 Å². The minimum atomic E-state index is -4.17. The van der Waals surface area contributed by atoms with E-state index >= 15 is 0 Å². The Hall–Kier alpha value is -3.70. The van der Waals surface area contributed by atoms with Crippen molar-refractivity contribution in [1.82, 2.24) is 10.2 Å². The number of anilines is 1. The maximum absolute atomic E-state index is 14.2. The highest BCUT2D eigenvalue weighted by atomic mass is 32.2. The second-order valence-corrected chi connectivity index (χ2v) is 13.0. The Kier molecular flexibility index (Phi) is 13.0. The number of nitrogens with one attached hydrogen (secondary N) is 1. The molecule has 0 bridgehead atoms. The normalized spacial score (nSPS) is 12.6. The molecule has 0 saturated heterocycles. The third-order valence-electron chi connectivity index (χ3n) is 7.26. The molecule has 3 aromatic carbocycles. The SMILES string of the molecule is CCOc1ccc(N(CC(=O)N(Cc2ccc(OC)cc2)[C@@H](CC)C(=O)N[C@@H](C)CC)S(=O)(=O)c2ccc(SC)cc2)cc1. The van der Waals surface area contributed by atoms with Crippen LogP contribution in [0.15, 0.2) is 82.6 Å². The van der Waals surface area contributed by atoms with Crippen LogP contribution in [0.3, 0.4) is 0 Å². The summed E-state index contributed by atoms with van der Waals surface area (Å²) in [6.45, 7) is 7.63. The maximum Gasteiger partial charge on any atom is 0.264 e. The molecule has 0 aliphatic rings. The van der Waals surface area contributed by atoms with Gasteiger partial charge in [-0.05, 0) is 99.2 Å². The van der Waals surface area contributed by atoms with E-state index < -0.39 is 28.5 Å². The molecular weight excluding hydrogens is 599 g/mol. The number of methoxy groups -OCH3 is 1. The molecule has 0 spiro atoms. The number of ether oxygens (including phenoxy) is 2. The molecule has 3 rings (SSSR count). The fraction of sp³-hybridized carbons (Fsp3) is 0.394. The molecule has 0 saturated carbocycles. The molecule has 44 heavy (non-hydrogen) atoms. The minimum absolute atomic E-state index is 0.0558. The molecule has 2 atom stereocenters. The second-order valence-electron chi connectivity index (χ2n) is 10.2. The van der Waals surface area contributed by atoms with Crippen molar-refractivity contribution >= 4 is 39.3 Å². The van der Waals surface area contributed by atoms with Gasteiger partial charge in [-0.2, -0.15) is 0 Å². The first-order valence-corrected chi connectivity index (χ1v) is 17.4. The molecule has 0 fully saturated rings. The summed E-state index contributed by atoms with van der Waals surface area (Å²) < 4.78 is 40.1. The Morgan fingerprint density at radius 3 is 2.02 bits per heavy atom. The standard InChI is InChI=1S/C33H43N3O6S2/c1-7-24(4)34-33(38)31(8-2)35(22-25-10-14-27(41-5)15-11-25)32(37)23-36(26-12-16-28(17-13-26)42-9-3)44(39,40)30-20-18-29(43-6)19-21-30/h10-21,24,31H,7-9,22-23H2,1-6H3,(H,34,38)/t24-,31-/m0/s1. The number of thioether (sulfide) groups is 1. The zero-order valence-electron chi connectivity index (χ0n) is 26.3. The van der Waals surface area contributed by atoms with Crippen LogP contribution in [-0.2, 0) is 26.2 Å². The van der Waals surface area contributed by atoms with E-state index in [0.717, 1.165) is 21.2 Å². The van der Waals surface area contributed by atoms with Gasteiger partial charge in [0, 0.05) is 17.5 Å². The van der Waals surface area contributed by atoms with Crippen molar-refractivity contribution in [3.8, 4) is 11.5 Å². The molecule has 9 nitrogen and oxygen atoms in total. The van der Waals surface area contributed by atoms with Crippen molar-refractivity contribution in [2.75, 3.05) is 30.8 Å². The van der Waals surface area contributed by atoms with Crippen LogP contribution in [-0.4, -0.2) is 63.7 Å². The van der Waals surface area contributed by atoms with Crippen LogP contribution in [0.4, 0.5) is 5.69 Å². The van der Waals surface area contributed by atoms with Gasteiger partial charge in [0.1, 0.15) is 24.1 Å². The van der Waals surface area contributed by atoms with Crippen LogP contribution in [0.5, 0.6) is 11.5 Å². The molecule has 2 amide bonds. The van der Waals surface area contributed by atoms with E-state index in [1.165, 1.54) is 28.8 Å². The van der Waals surface area contributed by atoms with E-state index in [1.54, 1.807) is 55.6 Å². The summed E-state index contributed by atoms with van der Waals surface area (Å²) in [7, 11) is -2.60. The first-order chi connectivity index (χ1) is 21.1. The molecular formula is C33H43N3O6S2. The van der Waals surface area contributed by atoms with Crippen LogP contribution in [0.1, 0.15) is 46.1 Å². The molecule has 0 aliphatic carbocycles. The van der Waals surface area contributed by atoms with Crippen molar-refractivity contribution in [1.29, 1.82) is 0 Å². The molecule has 3 aromatic rings. The quantitative estimate of drug-likeness (QED) is 0.199. The van der Waals surface area contributed by atoms with Crippen LogP contribution in [0.2, 0.25) is 0 Å². The first kappa shape index (κ1) is 34.8. The van der Waals surface area contributed by atoms with E-state index in [1.807, 2.05) is 46.1 Å². The lowest BCUT2D eigenvalue weighted by molar-refractivity contribution is -0.140. The number of carbonyl (C=O) groups is 2. The lowest BCUT2D eigenvalue weighted by Gasteiger charge is -2.33. The van der Waals surface area contributed by atoms with Gasteiger partial charge in [-0.25, -0.2) is 8.42 Å². The number of hydrogen-bond acceptors (Lipinski definition) is 7. The zero-order chi connectivity index (χ0) is 32.3. The zero-order valence-corrected chi connectivity index (χ0v) is 27.9. The van der Waals surface area contributed by atoms with Crippen molar-refractivity contribution in [3.63, 3.8) is 0 Å². The second kappa shape index (κ2) is 16.4. The van der Waals surface area contributed by atoms with E-state index in [4.69, 9.17) is 9.47 Å². The van der Waals surface area contributed by atoms with Crippen molar-refractivity contribution in [2.45, 2.75) is 69.0 Å². The molecule has 0 aromatic heterocycles. The fourth-order valence-corrected chi connectivity index (χ4v) is 6.39. The number of sulfonamides is 1. The van der Waals surface area contributed by atoms with E-state index in [-0.39, 0.29) is 23.4 Å². The lowest BCUT2D eigenvalue weighted by atomic mass is 10.1. The molecule has 0 aliphatic heterocycles. The van der Waals surface area contributed by atoms with Gasteiger partial charge >= 0.3 is 0 Å². The number of carbonyl (C=O) groups excluding carboxylic acids is 2. The van der Waals surface area contributed by atoms with Crippen LogP contribution in [0.25, 0.3) is 0 Å². The summed E-state index contributed by atoms with van der Waals surface area (Å²) in [4.78, 5) is 30.1. The van der Waals surface area contributed by atoms with Gasteiger partial charge in [-0.1, -0.05) is 26.0 Å². The van der Waals surface area contributed by atoms with Gasteiger partial charge in [0.25, 0.3) is 10.0 Å². The monoisotopic (exact) mass is 641 g/mol. The molecule has 0 heterocycles. The molecule has 0 unspecified atom stereocenters. The summed E-state index contributed by atoms with van der Waals surface area (Å²) >= 11 is 1.50. The first-order valence-electron chi connectivity index (χ1n) is 14.7. The van der Waals surface area contributed by atoms with Gasteiger partial charge in [0.15, 0.2) is 0 Å². The highest BCUT2D eigenvalue weighted by Gasteiger charge is 2.34. The van der Waals surface area contributed by atoms with Gasteiger partial charge in [-0.3, -0.25) is 13.9 Å². The number of benzene rings is 3. The van der Waals surface area contributed by atoms with Crippen molar-refractivity contribution in [3.05, 3.63) is 78.4 Å².